The number of nitrogens with zero attached hydrogens (tertiary/aromatic N) is 5. The minimum atomic E-state index is -0.369. The van der Waals surface area contributed by atoms with E-state index in [2.05, 4.69) is 28.4 Å². The second kappa shape index (κ2) is 8.02. The van der Waals surface area contributed by atoms with Crippen LogP contribution in [0.3, 0.4) is 0 Å². The molecule has 2 aromatic carbocycles. The summed E-state index contributed by atoms with van der Waals surface area (Å²) < 4.78 is 34.2. The number of aromatic nitrogens is 3. The normalized spacial score (nSPS) is 23.9. The number of rotatable bonds is 5. The minimum Gasteiger partial charge on any atom is -0.368 e. The van der Waals surface area contributed by atoms with E-state index >= 15 is 8.78 Å². The van der Waals surface area contributed by atoms with Crippen LogP contribution >= 0.6 is 11.9 Å². The zero-order valence-electron chi connectivity index (χ0n) is 18.1. The molecule has 0 radical (unpaired) electrons. The molecular formula is C25H23F2N5S. The average molecular weight is 464 g/mol. The maximum absolute atomic E-state index is 15.1. The van der Waals surface area contributed by atoms with Crippen molar-refractivity contribution in [2.24, 2.45) is 11.8 Å². The van der Waals surface area contributed by atoms with Crippen LogP contribution in [-0.2, 0) is 6.54 Å². The van der Waals surface area contributed by atoms with E-state index in [1.165, 1.54) is 12.1 Å². The van der Waals surface area contributed by atoms with Crippen molar-refractivity contribution >= 4 is 22.5 Å². The Labute approximate surface area is 195 Å². The summed E-state index contributed by atoms with van der Waals surface area (Å²) in [6.07, 6.45) is 7.55. The van der Waals surface area contributed by atoms with Crippen LogP contribution in [0.4, 0.5) is 14.5 Å². The zero-order chi connectivity index (χ0) is 22.5. The lowest BCUT2D eigenvalue weighted by Gasteiger charge is -2.29. The van der Waals surface area contributed by atoms with Crippen molar-refractivity contribution in [1.82, 2.24) is 19.1 Å². The molecule has 1 saturated carbocycles. The third-order valence-corrected chi connectivity index (χ3v) is 8.04. The number of halogens is 2. The Morgan fingerprint density at radius 3 is 2.42 bits per heavy atom. The molecule has 2 atom stereocenters. The Bertz CT molecular complexity index is 1230. The van der Waals surface area contributed by atoms with Gasteiger partial charge in [0.05, 0.1) is 12.2 Å². The molecule has 2 aliphatic heterocycles. The molecule has 1 aliphatic carbocycles. The number of anilines is 1. The lowest BCUT2D eigenvalue weighted by molar-refractivity contribution is 0.522. The van der Waals surface area contributed by atoms with Crippen LogP contribution in [0, 0.1) is 23.5 Å². The highest BCUT2D eigenvalue weighted by Gasteiger charge is 2.57. The SMILES string of the molecule is CC1=CC=C(c2ccccc2)SN1Cc1cc(F)c(N2C[C@H]3C(n4cnnc4)[C@@H]3C2)cc1F. The van der Waals surface area contributed by atoms with Gasteiger partial charge in [-0.05, 0) is 42.7 Å². The molecule has 168 valence electrons. The lowest BCUT2D eigenvalue weighted by Crippen LogP contribution is -2.26. The predicted molar refractivity (Wildman–Crippen MR) is 126 cm³/mol. The van der Waals surface area contributed by atoms with Gasteiger partial charge in [-0.15, -0.1) is 10.2 Å². The highest BCUT2D eigenvalue weighted by Crippen LogP contribution is 2.56. The molecule has 3 heterocycles. The van der Waals surface area contributed by atoms with Gasteiger partial charge in [-0.2, -0.15) is 0 Å². The van der Waals surface area contributed by atoms with Crippen molar-refractivity contribution in [3.05, 3.63) is 95.7 Å². The molecule has 5 nitrogen and oxygen atoms in total. The van der Waals surface area contributed by atoms with Crippen LogP contribution < -0.4 is 4.90 Å². The first kappa shape index (κ1) is 20.5. The fourth-order valence-electron chi connectivity index (χ4n) is 5.00. The van der Waals surface area contributed by atoms with Gasteiger partial charge in [-0.3, -0.25) is 0 Å². The molecule has 6 rings (SSSR count). The largest absolute Gasteiger partial charge is 0.368 e. The summed E-state index contributed by atoms with van der Waals surface area (Å²) in [4.78, 5) is 3.05. The van der Waals surface area contributed by atoms with E-state index in [4.69, 9.17) is 0 Å². The minimum absolute atomic E-state index is 0.293. The van der Waals surface area contributed by atoms with Gasteiger partial charge in [0.2, 0.25) is 0 Å². The van der Waals surface area contributed by atoms with E-state index in [1.807, 2.05) is 45.0 Å². The van der Waals surface area contributed by atoms with E-state index < -0.39 is 0 Å². The fourth-order valence-corrected chi connectivity index (χ4v) is 6.02. The Morgan fingerprint density at radius 1 is 0.970 bits per heavy atom. The predicted octanol–water partition coefficient (Wildman–Crippen LogP) is 5.27. The van der Waals surface area contributed by atoms with Gasteiger partial charge in [-0.25, -0.2) is 8.78 Å². The summed E-state index contributed by atoms with van der Waals surface area (Å²) in [5, 5.41) is 7.75. The maximum Gasteiger partial charge on any atom is 0.147 e. The molecule has 0 bridgehead atoms. The number of benzene rings is 2. The molecule has 1 saturated heterocycles. The van der Waals surface area contributed by atoms with E-state index in [1.54, 1.807) is 24.6 Å². The molecular weight excluding hydrogens is 440 g/mol. The van der Waals surface area contributed by atoms with Gasteiger partial charge in [-0.1, -0.05) is 30.3 Å². The van der Waals surface area contributed by atoms with E-state index in [-0.39, 0.29) is 11.6 Å². The summed E-state index contributed by atoms with van der Waals surface area (Å²) in [7, 11) is 0. The molecule has 8 heteroatoms. The monoisotopic (exact) mass is 463 g/mol. The van der Waals surface area contributed by atoms with Crippen LogP contribution in [0.1, 0.15) is 24.1 Å². The van der Waals surface area contributed by atoms with Crippen molar-refractivity contribution in [2.45, 2.75) is 19.5 Å². The summed E-state index contributed by atoms with van der Waals surface area (Å²) in [6.45, 7) is 3.72. The fraction of sp³-hybridized carbons (Fsp3) is 0.280. The quantitative estimate of drug-likeness (QED) is 0.482. The smallest absolute Gasteiger partial charge is 0.147 e. The van der Waals surface area contributed by atoms with Gasteiger partial charge in [0.25, 0.3) is 0 Å². The van der Waals surface area contributed by atoms with Crippen molar-refractivity contribution in [3.63, 3.8) is 0 Å². The first-order chi connectivity index (χ1) is 16.1. The topological polar surface area (TPSA) is 37.2 Å². The highest BCUT2D eigenvalue weighted by atomic mass is 32.2. The number of allylic oxidation sites excluding steroid dienone is 3. The van der Waals surface area contributed by atoms with Crippen LogP contribution in [0.25, 0.3) is 4.91 Å². The Kier molecular flexibility index (Phi) is 4.98. The van der Waals surface area contributed by atoms with Gasteiger partial charge in [0, 0.05) is 53.2 Å². The van der Waals surface area contributed by atoms with Crippen molar-refractivity contribution < 1.29 is 8.78 Å². The van der Waals surface area contributed by atoms with E-state index in [0.29, 0.717) is 35.7 Å². The molecule has 2 fully saturated rings. The Balaban J connectivity index is 1.16. The summed E-state index contributed by atoms with van der Waals surface area (Å²) in [6, 6.07) is 13.2. The second-order valence-corrected chi connectivity index (χ2v) is 9.92. The summed E-state index contributed by atoms with van der Waals surface area (Å²) in [5.74, 6) is 0.135. The molecule has 0 amide bonds. The standard InChI is InChI=1S/C25H23F2N5S/c1-16-7-8-24(17-5-3-2-4-6-17)33-32(16)11-18-9-22(27)23(10-21(18)26)30-12-19-20(13-30)25(19)31-14-28-29-15-31/h2-10,14-15,19-20,25H,11-13H2,1H3/t19-,20-/m1/s1. The van der Waals surface area contributed by atoms with Gasteiger partial charge in [0.1, 0.15) is 24.3 Å². The molecule has 33 heavy (non-hydrogen) atoms. The van der Waals surface area contributed by atoms with Crippen LogP contribution in [-0.4, -0.2) is 32.2 Å². The first-order valence-electron chi connectivity index (χ1n) is 11.0. The molecule has 0 unspecified atom stereocenters. The van der Waals surface area contributed by atoms with Crippen LogP contribution in [0.15, 0.2) is 73.0 Å². The number of hydrogen-bond acceptors (Lipinski definition) is 5. The summed E-state index contributed by atoms with van der Waals surface area (Å²) >= 11 is 1.55. The van der Waals surface area contributed by atoms with Crippen LogP contribution in [0.2, 0.25) is 0 Å². The number of fused-ring (bicyclic) bond motifs is 1. The zero-order valence-corrected chi connectivity index (χ0v) is 18.9. The van der Waals surface area contributed by atoms with E-state index in [0.717, 1.165) is 29.3 Å². The Morgan fingerprint density at radius 2 is 1.70 bits per heavy atom. The molecule has 1 aromatic heterocycles. The molecule has 3 aliphatic rings. The van der Waals surface area contributed by atoms with Crippen LogP contribution in [0.5, 0.6) is 0 Å². The highest BCUT2D eigenvalue weighted by molar-refractivity contribution is 8.06. The number of hydrogen-bond donors (Lipinski definition) is 0. The van der Waals surface area contributed by atoms with Gasteiger partial charge in [0.15, 0.2) is 0 Å². The molecule has 0 spiro atoms. The van der Waals surface area contributed by atoms with E-state index in [9.17, 15) is 0 Å². The third-order valence-electron chi connectivity index (χ3n) is 6.84. The molecule has 3 aromatic rings. The number of piperidine rings is 1. The second-order valence-electron chi connectivity index (χ2n) is 8.86. The third kappa shape index (κ3) is 3.72. The Hall–Kier alpha value is -3.13. The van der Waals surface area contributed by atoms with Crippen molar-refractivity contribution in [1.29, 1.82) is 0 Å². The average Bonchev–Trinajstić information content (AvgIpc) is 3.19. The van der Waals surface area contributed by atoms with Gasteiger partial charge >= 0.3 is 0 Å². The summed E-state index contributed by atoms with van der Waals surface area (Å²) in [5.41, 5.74) is 2.82. The maximum atomic E-state index is 15.1. The van der Waals surface area contributed by atoms with Crippen molar-refractivity contribution in [3.8, 4) is 0 Å². The van der Waals surface area contributed by atoms with Crippen molar-refractivity contribution in [2.75, 3.05) is 18.0 Å². The first-order valence-corrected chi connectivity index (χ1v) is 11.8. The molecule has 0 N–H and O–H groups in total. The van der Waals surface area contributed by atoms with Gasteiger partial charge < -0.3 is 13.8 Å². The lowest BCUT2D eigenvalue weighted by atomic mass is 10.1.